The molecule has 1 aromatic rings. The number of carbonyl (C=O) groups excluding carboxylic acids is 1. The second kappa shape index (κ2) is 7.79. The van der Waals surface area contributed by atoms with Gasteiger partial charge >= 0.3 is 6.03 Å². The zero-order valence-electron chi connectivity index (χ0n) is 11.7. The number of hydrogen-bond donors (Lipinski definition) is 2. The van der Waals surface area contributed by atoms with Crippen molar-refractivity contribution in [3.05, 3.63) is 29.8 Å². The molecule has 0 fully saturated rings. The maximum Gasteiger partial charge on any atom is 0.322 e. The number of benzene rings is 1. The SMILES string of the molecule is CCC(CC)N(CCO)C(=O)Nc1ccc(F)cc1F. The molecule has 112 valence electrons. The summed E-state index contributed by atoms with van der Waals surface area (Å²) in [6.07, 6.45) is 1.46. The third-order valence-electron chi connectivity index (χ3n) is 3.16. The monoisotopic (exact) mass is 286 g/mol. The van der Waals surface area contributed by atoms with Crippen molar-refractivity contribution in [2.45, 2.75) is 32.7 Å². The van der Waals surface area contributed by atoms with Crippen LogP contribution in [0, 0.1) is 11.6 Å². The van der Waals surface area contributed by atoms with Gasteiger partial charge in [0.15, 0.2) is 0 Å². The van der Waals surface area contributed by atoms with Crippen LogP contribution in [0.2, 0.25) is 0 Å². The highest BCUT2D eigenvalue weighted by molar-refractivity contribution is 5.89. The fourth-order valence-electron chi connectivity index (χ4n) is 2.06. The molecule has 2 N–H and O–H groups in total. The highest BCUT2D eigenvalue weighted by Crippen LogP contribution is 2.17. The fourth-order valence-corrected chi connectivity index (χ4v) is 2.06. The van der Waals surface area contributed by atoms with E-state index in [2.05, 4.69) is 5.32 Å². The van der Waals surface area contributed by atoms with Gasteiger partial charge in [-0.25, -0.2) is 13.6 Å². The molecule has 0 saturated carbocycles. The van der Waals surface area contributed by atoms with Crippen molar-refractivity contribution in [2.24, 2.45) is 0 Å². The maximum absolute atomic E-state index is 13.5. The summed E-state index contributed by atoms with van der Waals surface area (Å²) in [5.41, 5.74) is -0.0784. The molecule has 0 aliphatic rings. The number of anilines is 1. The van der Waals surface area contributed by atoms with Gasteiger partial charge in [-0.1, -0.05) is 13.8 Å². The van der Waals surface area contributed by atoms with Crippen molar-refractivity contribution < 1.29 is 18.7 Å². The van der Waals surface area contributed by atoms with E-state index < -0.39 is 17.7 Å². The second-order valence-corrected chi connectivity index (χ2v) is 4.44. The molecule has 0 aliphatic carbocycles. The molecule has 0 unspecified atom stereocenters. The predicted octanol–water partition coefficient (Wildman–Crippen LogP) is 2.98. The summed E-state index contributed by atoms with van der Waals surface area (Å²) in [5.74, 6) is -1.53. The lowest BCUT2D eigenvalue weighted by atomic mass is 10.1. The predicted molar refractivity (Wildman–Crippen MR) is 73.5 cm³/mol. The lowest BCUT2D eigenvalue weighted by molar-refractivity contribution is 0.158. The molecule has 20 heavy (non-hydrogen) atoms. The standard InChI is InChI=1S/C14H20F2N2O2/c1-3-11(4-2)18(7-8-19)14(20)17-13-6-5-10(15)9-12(13)16/h5-6,9,11,19H,3-4,7-8H2,1-2H3,(H,17,20). The molecule has 0 spiro atoms. The first kappa shape index (κ1) is 16.4. The maximum atomic E-state index is 13.5. The van der Waals surface area contributed by atoms with Gasteiger partial charge in [0.05, 0.1) is 12.3 Å². The van der Waals surface area contributed by atoms with E-state index in [0.717, 1.165) is 18.9 Å². The summed E-state index contributed by atoms with van der Waals surface area (Å²) >= 11 is 0. The summed E-state index contributed by atoms with van der Waals surface area (Å²) < 4.78 is 26.3. The minimum absolute atomic E-state index is 0.0364. The Morgan fingerprint density at radius 3 is 2.50 bits per heavy atom. The number of nitrogens with zero attached hydrogens (tertiary/aromatic N) is 1. The highest BCUT2D eigenvalue weighted by atomic mass is 19.1. The molecule has 0 aliphatic heterocycles. The smallest absolute Gasteiger partial charge is 0.322 e. The molecule has 1 aromatic carbocycles. The van der Waals surface area contributed by atoms with Gasteiger partial charge in [0.2, 0.25) is 0 Å². The van der Waals surface area contributed by atoms with Gasteiger partial charge in [0, 0.05) is 18.7 Å². The van der Waals surface area contributed by atoms with Crippen LogP contribution >= 0.6 is 0 Å². The van der Waals surface area contributed by atoms with Crippen molar-refractivity contribution in [1.82, 2.24) is 4.90 Å². The Labute approximate surface area is 117 Å². The number of hydrogen-bond acceptors (Lipinski definition) is 2. The first-order valence-corrected chi connectivity index (χ1v) is 6.67. The van der Waals surface area contributed by atoms with Gasteiger partial charge in [-0.3, -0.25) is 0 Å². The van der Waals surface area contributed by atoms with Crippen LogP contribution in [0.5, 0.6) is 0 Å². The van der Waals surface area contributed by atoms with E-state index in [1.54, 1.807) is 0 Å². The van der Waals surface area contributed by atoms with Crippen molar-refractivity contribution in [2.75, 3.05) is 18.5 Å². The second-order valence-electron chi connectivity index (χ2n) is 4.44. The number of aliphatic hydroxyl groups excluding tert-OH is 1. The van der Waals surface area contributed by atoms with E-state index in [-0.39, 0.29) is 24.9 Å². The minimum Gasteiger partial charge on any atom is -0.395 e. The van der Waals surface area contributed by atoms with Crippen LogP contribution in [0.1, 0.15) is 26.7 Å². The summed E-state index contributed by atoms with van der Waals surface area (Å²) in [5, 5.41) is 11.4. The summed E-state index contributed by atoms with van der Waals surface area (Å²) in [7, 11) is 0. The molecular formula is C14H20F2N2O2. The Bertz CT molecular complexity index is 451. The van der Waals surface area contributed by atoms with Gasteiger partial charge in [-0.15, -0.1) is 0 Å². The first-order valence-electron chi connectivity index (χ1n) is 6.67. The number of urea groups is 1. The largest absolute Gasteiger partial charge is 0.395 e. The van der Waals surface area contributed by atoms with Crippen LogP contribution in [0.15, 0.2) is 18.2 Å². The molecule has 0 heterocycles. The minimum atomic E-state index is -0.827. The zero-order chi connectivity index (χ0) is 15.1. The number of nitrogens with one attached hydrogen (secondary N) is 1. The van der Waals surface area contributed by atoms with Crippen LogP contribution in [0.3, 0.4) is 0 Å². The molecule has 6 heteroatoms. The number of rotatable bonds is 6. The molecule has 0 saturated heterocycles. The Morgan fingerprint density at radius 1 is 1.35 bits per heavy atom. The van der Waals surface area contributed by atoms with E-state index in [1.807, 2.05) is 13.8 Å². The first-order chi connectivity index (χ1) is 9.53. The molecule has 0 aromatic heterocycles. The number of amides is 2. The van der Waals surface area contributed by atoms with Gasteiger partial charge in [0.1, 0.15) is 11.6 Å². The molecule has 1 rings (SSSR count). The third kappa shape index (κ3) is 4.16. The van der Waals surface area contributed by atoms with Gasteiger partial charge in [-0.05, 0) is 25.0 Å². The van der Waals surface area contributed by atoms with Crippen LogP contribution in [0.4, 0.5) is 19.3 Å². The molecule has 2 amide bonds. The number of carbonyl (C=O) groups is 1. The van der Waals surface area contributed by atoms with Crippen molar-refractivity contribution in [3.63, 3.8) is 0 Å². The Balaban J connectivity index is 2.84. The quantitative estimate of drug-likeness (QED) is 0.844. The average Bonchev–Trinajstić information content (AvgIpc) is 2.42. The Morgan fingerprint density at radius 2 is 2.00 bits per heavy atom. The number of halogens is 2. The normalized spacial score (nSPS) is 10.7. The van der Waals surface area contributed by atoms with Gasteiger partial charge < -0.3 is 15.3 Å². The lowest BCUT2D eigenvalue weighted by Gasteiger charge is -2.30. The van der Waals surface area contributed by atoms with Crippen LogP contribution < -0.4 is 5.32 Å². The molecule has 0 bridgehead atoms. The van der Waals surface area contributed by atoms with E-state index >= 15 is 0 Å². The van der Waals surface area contributed by atoms with Crippen LogP contribution in [-0.4, -0.2) is 35.2 Å². The molecule has 0 atom stereocenters. The molecule has 4 nitrogen and oxygen atoms in total. The summed E-state index contributed by atoms with van der Waals surface area (Å²) in [6, 6.07) is 2.42. The lowest BCUT2D eigenvalue weighted by Crippen LogP contribution is -2.44. The average molecular weight is 286 g/mol. The third-order valence-corrected chi connectivity index (χ3v) is 3.16. The fraction of sp³-hybridized carbons (Fsp3) is 0.500. The topological polar surface area (TPSA) is 52.6 Å². The summed E-state index contributed by atoms with van der Waals surface area (Å²) in [4.78, 5) is 13.6. The van der Waals surface area contributed by atoms with Crippen LogP contribution in [-0.2, 0) is 0 Å². The zero-order valence-corrected chi connectivity index (χ0v) is 11.7. The van der Waals surface area contributed by atoms with Gasteiger partial charge in [-0.2, -0.15) is 0 Å². The highest BCUT2D eigenvalue weighted by Gasteiger charge is 2.21. The van der Waals surface area contributed by atoms with Gasteiger partial charge in [0.25, 0.3) is 0 Å². The van der Waals surface area contributed by atoms with Crippen molar-refractivity contribution >= 4 is 11.7 Å². The van der Waals surface area contributed by atoms with E-state index in [4.69, 9.17) is 5.11 Å². The van der Waals surface area contributed by atoms with E-state index in [1.165, 1.54) is 11.0 Å². The van der Waals surface area contributed by atoms with E-state index in [0.29, 0.717) is 6.07 Å². The van der Waals surface area contributed by atoms with Crippen molar-refractivity contribution in [1.29, 1.82) is 0 Å². The Kier molecular flexibility index (Phi) is 6.38. The van der Waals surface area contributed by atoms with E-state index in [9.17, 15) is 13.6 Å². The number of aliphatic hydroxyl groups is 1. The molecule has 0 radical (unpaired) electrons. The Hall–Kier alpha value is -1.69. The molecular weight excluding hydrogens is 266 g/mol. The summed E-state index contributed by atoms with van der Waals surface area (Å²) in [6.45, 7) is 3.87. The van der Waals surface area contributed by atoms with Crippen LogP contribution in [0.25, 0.3) is 0 Å². The van der Waals surface area contributed by atoms with Crippen molar-refractivity contribution in [3.8, 4) is 0 Å².